The van der Waals surface area contributed by atoms with Crippen LogP contribution in [0.1, 0.15) is 17.3 Å². The molecule has 0 aliphatic carbocycles. The lowest BCUT2D eigenvalue weighted by atomic mass is 10.1. The van der Waals surface area contributed by atoms with Crippen molar-refractivity contribution >= 4 is 11.6 Å². The molecule has 7 heteroatoms. The summed E-state index contributed by atoms with van der Waals surface area (Å²) in [6.07, 6.45) is 0.184. The minimum absolute atomic E-state index is 0.142. The van der Waals surface area contributed by atoms with Crippen LogP contribution in [0, 0.1) is 6.92 Å². The Kier molecular flexibility index (Phi) is 4.94. The summed E-state index contributed by atoms with van der Waals surface area (Å²) in [5.41, 5.74) is 1.40. The molecule has 0 saturated heterocycles. The first kappa shape index (κ1) is 16.5. The third-order valence-electron chi connectivity index (χ3n) is 3.35. The van der Waals surface area contributed by atoms with E-state index in [1.807, 2.05) is 0 Å². The predicted octanol–water partition coefficient (Wildman–Crippen LogP) is 2.84. The summed E-state index contributed by atoms with van der Waals surface area (Å²) in [6.45, 7) is 1.92. The molecule has 0 aliphatic rings. The van der Waals surface area contributed by atoms with Crippen LogP contribution in [0.4, 0.5) is 5.69 Å². The molecule has 128 valence electrons. The maximum Gasteiger partial charge on any atom is 0.228 e. The van der Waals surface area contributed by atoms with Gasteiger partial charge in [0.25, 0.3) is 0 Å². The van der Waals surface area contributed by atoms with Crippen LogP contribution in [-0.4, -0.2) is 21.2 Å². The second-order valence-electron chi connectivity index (χ2n) is 5.44. The standard InChI is InChI=1S/C18H17N3O4/c1-12-19-17(21-25-12)11-24-16-7-5-14(6-8-16)20-18(23)10-13-3-2-4-15(22)9-13/h2-9,22H,10-11H2,1H3,(H,20,23). The zero-order chi connectivity index (χ0) is 17.6. The van der Waals surface area contributed by atoms with Crippen LogP contribution in [0.5, 0.6) is 11.5 Å². The van der Waals surface area contributed by atoms with E-state index in [0.29, 0.717) is 23.2 Å². The molecule has 1 heterocycles. The van der Waals surface area contributed by atoms with Crippen LogP contribution in [0.2, 0.25) is 0 Å². The molecule has 1 amide bonds. The van der Waals surface area contributed by atoms with Crippen LogP contribution < -0.4 is 10.1 Å². The van der Waals surface area contributed by atoms with Crippen LogP contribution in [0.3, 0.4) is 0 Å². The molecule has 0 radical (unpaired) electrons. The number of anilines is 1. The van der Waals surface area contributed by atoms with E-state index < -0.39 is 0 Å². The van der Waals surface area contributed by atoms with E-state index in [2.05, 4.69) is 15.5 Å². The third kappa shape index (κ3) is 4.81. The molecular formula is C18H17N3O4. The van der Waals surface area contributed by atoms with Gasteiger partial charge < -0.3 is 19.7 Å². The van der Waals surface area contributed by atoms with E-state index in [1.165, 1.54) is 0 Å². The van der Waals surface area contributed by atoms with Gasteiger partial charge >= 0.3 is 0 Å². The normalized spacial score (nSPS) is 10.4. The van der Waals surface area contributed by atoms with Gasteiger partial charge in [0.1, 0.15) is 11.5 Å². The summed E-state index contributed by atoms with van der Waals surface area (Å²) in [5.74, 6) is 1.57. The number of ether oxygens (including phenoxy) is 1. The maximum absolute atomic E-state index is 12.0. The van der Waals surface area contributed by atoms with Gasteiger partial charge in [-0.3, -0.25) is 4.79 Å². The number of hydrogen-bond acceptors (Lipinski definition) is 6. The minimum atomic E-state index is -0.165. The highest BCUT2D eigenvalue weighted by molar-refractivity contribution is 5.92. The SMILES string of the molecule is Cc1nc(COc2ccc(NC(=O)Cc3cccc(O)c3)cc2)no1. The largest absolute Gasteiger partial charge is 0.508 e. The number of aromatic nitrogens is 2. The zero-order valence-corrected chi connectivity index (χ0v) is 13.6. The highest BCUT2D eigenvalue weighted by Crippen LogP contribution is 2.17. The molecule has 0 aliphatic heterocycles. The number of aryl methyl sites for hydroxylation is 1. The molecule has 0 saturated carbocycles. The van der Waals surface area contributed by atoms with Crippen molar-refractivity contribution in [3.8, 4) is 11.5 Å². The Balaban J connectivity index is 1.52. The van der Waals surface area contributed by atoms with E-state index in [-0.39, 0.29) is 24.7 Å². The van der Waals surface area contributed by atoms with Gasteiger partial charge in [0.15, 0.2) is 6.61 Å². The van der Waals surface area contributed by atoms with Gasteiger partial charge in [-0.05, 0) is 42.0 Å². The lowest BCUT2D eigenvalue weighted by Gasteiger charge is -2.07. The highest BCUT2D eigenvalue weighted by Gasteiger charge is 2.06. The Labute approximate surface area is 144 Å². The van der Waals surface area contributed by atoms with Gasteiger partial charge in [-0.15, -0.1) is 0 Å². The van der Waals surface area contributed by atoms with Gasteiger partial charge in [0, 0.05) is 12.6 Å². The number of phenolic OH excluding ortho intramolecular Hbond substituents is 1. The number of carbonyl (C=O) groups is 1. The molecule has 0 atom stereocenters. The van der Waals surface area contributed by atoms with Gasteiger partial charge in [-0.25, -0.2) is 0 Å². The number of phenols is 1. The van der Waals surface area contributed by atoms with Gasteiger partial charge in [0.2, 0.25) is 17.6 Å². The molecule has 0 unspecified atom stereocenters. The van der Waals surface area contributed by atoms with E-state index >= 15 is 0 Å². The Morgan fingerprint density at radius 1 is 1.24 bits per heavy atom. The lowest BCUT2D eigenvalue weighted by molar-refractivity contribution is -0.115. The smallest absolute Gasteiger partial charge is 0.228 e. The highest BCUT2D eigenvalue weighted by atomic mass is 16.5. The van der Waals surface area contributed by atoms with E-state index in [9.17, 15) is 9.90 Å². The van der Waals surface area contributed by atoms with Crippen LogP contribution in [0.25, 0.3) is 0 Å². The average Bonchev–Trinajstić information content (AvgIpc) is 2.99. The Morgan fingerprint density at radius 2 is 2.04 bits per heavy atom. The van der Waals surface area contributed by atoms with Crippen molar-refractivity contribution in [1.29, 1.82) is 0 Å². The molecule has 1 aromatic heterocycles. The Bertz CT molecular complexity index is 859. The molecular weight excluding hydrogens is 322 g/mol. The van der Waals surface area contributed by atoms with Crippen molar-refractivity contribution in [3.63, 3.8) is 0 Å². The summed E-state index contributed by atoms with van der Waals surface area (Å²) >= 11 is 0. The fourth-order valence-electron chi connectivity index (χ4n) is 2.24. The third-order valence-corrected chi connectivity index (χ3v) is 3.35. The molecule has 0 fully saturated rings. The van der Waals surface area contributed by atoms with Crippen molar-refractivity contribution in [3.05, 3.63) is 65.8 Å². The van der Waals surface area contributed by atoms with Crippen molar-refractivity contribution in [2.75, 3.05) is 5.32 Å². The second kappa shape index (κ2) is 7.48. The summed E-state index contributed by atoms with van der Waals surface area (Å²) in [4.78, 5) is 16.1. The van der Waals surface area contributed by atoms with E-state index in [1.54, 1.807) is 55.5 Å². The molecule has 25 heavy (non-hydrogen) atoms. The molecule has 2 N–H and O–H groups in total. The van der Waals surface area contributed by atoms with Crippen molar-refractivity contribution < 1.29 is 19.2 Å². The number of rotatable bonds is 6. The molecule has 3 aromatic rings. The first-order valence-electron chi connectivity index (χ1n) is 7.68. The van der Waals surface area contributed by atoms with Crippen LogP contribution in [0.15, 0.2) is 53.1 Å². The zero-order valence-electron chi connectivity index (χ0n) is 13.6. The molecule has 3 rings (SSSR count). The minimum Gasteiger partial charge on any atom is -0.508 e. The molecule has 0 bridgehead atoms. The number of amides is 1. The number of carbonyl (C=O) groups excluding carboxylic acids is 1. The van der Waals surface area contributed by atoms with Crippen molar-refractivity contribution in [2.45, 2.75) is 20.0 Å². The van der Waals surface area contributed by atoms with E-state index in [0.717, 1.165) is 5.56 Å². The molecule has 7 nitrogen and oxygen atoms in total. The van der Waals surface area contributed by atoms with Gasteiger partial charge in [-0.1, -0.05) is 17.3 Å². The number of hydrogen-bond donors (Lipinski definition) is 2. The van der Waals surface area contributed by atoms with Crippen molar-refractivity contribution in [2.24, 2.45) is 0 Å². The quantitative estimate of drug-likeness (QED) is 0.717. The molecule has 2 aromatic carbocycles. The molecule has 0 spiro atoms. The average molecular weight is 339 g/mol. The summed E-state index contributed by atoms with van der Waals surface area (Å²) in [6, 6.07) is 13.6. The summed E-state index contributed by atoms with van der Waals surface area (Å²) < 4.78 is 10.4. The van der Waals surface area contributed by atoms with Crippen molar-refractivity contribution in [1.82, 2.24) is 10.1 Å². The van der Waals surface area contributed by atoms with Gasteiger partial charge in [0.05, 0.1) is 6.42 Å². The second-order valence-corrected chi connectivity index (χ2v) is 5.44. The van der Waals surface area contributed by atoms with Gasteiger partial charge in [-0.2, -0.15) is 4.98 Å². The maximum atomic E-state index is 12.0. The number of nitrogens with zero attached hydrogens (tertiary/aromatic N) is 2. The lowest BCUT2D eigenvalue weighted by Crippen LogP contribution is -2.14. The summed E-state index contributed by atoms with van der Waals surface area (Å²) in [7, 11) is 0. The fourth-order valence-corrected chi connectivity index (χ4v) is 2.24. The fraction of sp³-hybridized carbons (Fsp3) is 0.167. The van der Waals surface area contributed by atoms with Crippen LogP contribution in [-0.2, 0) is 17.8 Å². The predicted molar refractivity (Wildman–Crippen MR) is 90.2 cm³/mol. The number of aromatic hydroxyl groups is 1. The number of nitrogens with one attached hydrogen (secondary N) is 1. The Hall–Kier alpha value is -3.35. The Morgan fingerprint density at radius 3 is 2.72 bits per heavy atom. The first-order valence-corrected chi connectivity index (χ1v) is 7.68. The van der Waals surface area contributed by atoms with E-state index in [4.69, 9.17) is 9.26 Å². The summed E-state index contributed by atoms with van der Waals surface area (Å²) in [5, 5.41) is 16.0. The van der Waals surface area contributed by atoms with Crippen LogP contribution >= 0.6 is 0 Å². The topological polar surface area (TPSA) is 97.5 Å². The first-order chi connectivity index (χ1) is 12.1. The monoisotopic (exact) mass is 339 g/mol. The number of benzene rings is 2.